The Balaban J connectivity index is 2.09. The number of benzene rings is 1. The first-order chi connectivity index (χ1) is 9.74. The van der Waals surface area contributed by atoms with Gasteiger partial charge in [0.15, 0.2) is 0 Å². The van der Waals surface area contributed by atoms with Crippen LogP contribution in [0.1, 0.15) is 30.9 Å². The summed E-state index contributed by atoms with van der Waals surface area (Å²) in [5, 5.41) is 4.40. The van der Waals surface area contributed by atoms with E-state index in [2.05, 4.69) is 12.2 Å². The Kier molecular flexibility index (Phi) is 6.14. The monoisotopic (exact) mass is 297 g/mol. The molecule has 0 amide bonds. The zero-order chi connectivity index (χ0) is 14.4. The Hall–Kier alpha value is -0.770. The van der Waals surface area contributed by atoms with Crippen molar-refractivity contribution >= 4 is 11.6 Å². The number of fused-ring (bicyclic) bond motifs is 1. The second-order valence-corrected chi connectivity index (χ2v) is 5.72. The molecule has 1 aliphatic heterocycles. The summed E-state index contributed by atoms with van der Waals surface area (Å²) in [6, 6.07) is 4.47. The number of rotatable bonds is 8. The molecule has 1 aliphatic rings. The minimum Gasteiger partial charge on any atom is -0.493 e. The molecule has 1 N–H and O–H groups in total. The summed E-state index contributed by atoms with van der Waals surface area (Å²) in [5.41, 5.74) is 2.46. The van der Waals surface area contributed by atoms with Crippen molar-refractivity contribution in [3.63, 3.8) is 0 Å². The van der Waals surface area contributed by atoms with Crippen molar-refractivity contribution in [2.24, 2.45) is 0 Å². The predicted octanol–water partition coefficient (Wildman–Crippen LogP) is 3.22. The third-order valence-corrected chi connectivity index (χ3v) is 3.86. The Labute approximate surface area is 126 Å². The van der Waals surface area contributed by atoms with E-state index in [1.54, 1.807) is 7.11 Å². The molecule has 2 rings (SSSR count). The van der Waals surface area contributed by atoms with Crippen LogP contribution in [0.2, 0.25) is 5.02 Å². The van der Waals surface area contributed by atoms with Gasteiger partial charge in [-0.15, -0.1) is 0 Å². The van der Waals surface area contributed by atoms with Gasteiger partial charge in [0.1, 0.15) is 5.75 Å². The van der Waals surface area contributed by atoms with Crippen LogP contribution in [0.5, 0.6) is 5.75 Å². The Morgan fingerprint density at radius 1 is 1.45 bits per heavy atom. The molecule has 1 heterocycles. The van der Waals surface area contributed by atoms with Gasteiger partial charge in [-0.05, 0) is 49.1 Å². The molecule has 20 heavy (non-hydrogen) atoms. The predicted molar refractivity (Wildman–Crippen MR) is 82.9 cm³/mol. The lowest BCUT2D eigenvalue weighted by Crippen LogP contribution is -2.33. The Morgan fingerprint density at radius 2 is 2.30 bits per heavy atom. The summed E-state index contributed by atoms with van der Waals surface area (Å²) in [7, 11) is 1.75. The minimum absolute atomic E-state index is 0.404. The number of nitrogens with one attached hydrogen (secondary N) is 1. The van der Waals surface area contributed by atoms with Gasteiger partial charge in [0.2, 0.25) is 0 Å². The highest BCUT2D eigenvalue weighted by Crippen LogP contribution is 2.33. The first-order valence-electron chi connectivity index (χ1n) is 7.41. The van der Waals surface area contributed by atoms with Gasteiger partial charge in [0.25, 0.3) is 0 Å². The number of ether oxygens (including phenoxy) is 2. The lowest BCUT2D eigenvalue weighted by atomic mass is 9.99. The molecule has 0 radical (unpaired) electrons. The molecule has 1 aromatic carbocycles. The van der Waals surface area contributed by atoms with E-state index in [1.807, 2.05) is 12.1 Å². The van der Waals surface area contributed by atoms with Gasteiger partial charge in [-0.2, -0.15) is 0 Å². The summed E-state index contributed by atoms with van der Waals surface area (Å²) in [6.45, 7) is 4.75. The smallest absolute Gasteiger partial charge is 0.125 e. The van der Waals surface area contributed by atoms with Crippen LogP contribution < -0.4 is 10.1 Å². The van der Waals surface area contributed by atoms with Crippen LogP contribution in [0.4, 0.5) is 0 Å². The van der Waals surface area contributed by atoms with Crippen LogP contribution in [-0.2, 0) is 17.6 Å². The van der Waals surface area contributed by atoms with Crippen LogP contribution in [0.3, 0.4) is 0 Å². The largest absolute Gasteiger partial charge is 0.493 e. The normalized spacial score (nSPS) is 14.9. The zero-order valence-corrected chi connectivity index (χ0v) is 13.1. The maximum atomic E-state index is 6.22. The second kappa shape index (κ2) is 7.87. The summed E-state index contributed by atoms with van der Waals surface area (Å²) in [5.74, 6) is 1.05. The maximum Gasteiger partial charge on any atom is 0.125 e. The molecule has 1 unspecified atom stereocenters. The molecule has 3 nitrogen and oxygen atoms in total. The Morgan fingerprint density at radius 3 is 3.05 bits per heavy atom. The maximum absolute atomic E-state index is 6.22. The van der Waals surface area contributed by atoms with Crippen LogP contribution in [0.15, 0.2) is 12.1 Å². The number of hydrogen-bond donors (Lipinski definition) is 1. The van der Waals surface area contributed by atoms with E-state index in [0.29, 0.717) is 6.04 Å². The lowest BCUT2D eigenvalue weighted by molar-refractivity contribution is 0.182. The van der Waals surface area contributed by atoms with Gasteiger partial charge in [0.05, 0.1) is 6.61 Å². The highest BCUT2D eigenvalue weighted by molar-refractivity contribution is 6.30. The number of halogens is 1. The van der Waals surface area contributed by atoms with Crippen LogP contribution in [0.25, 0.3) is 0 Å². The highest BCUT2D eigenvalue weighted by Gasteiger charge is 2.20. The molecule has 1 aromatic rings. The molecule has 0 aromatic heterocycles. The summed E-state index contributed by atoms with van der Waals surface area (Å²) >= 11 is 6.22. The van der Waals surface area contributed by atoms with Crippen molar-refractivity contribution in [1.82, 2.24) is 5.32 Å². The van der Waals surface area contributed by atoms with E-state index in [1.165, 1.54) is 11.1 Å². The lowest BCUT2D eigenvalue weighted by Gasteiger charge is -2.20. The quantitative estimate of drug-likeness (QED) is 0.799. The molecule has 0 bridgehead atoms. The average molecular weight is 298 g/mol. The molecule has 0 spiro atoms. The molecule has 4 heteroatoms. The first kappa shape index (κ1) is 15.6. The van der Waals surface area contributed by atoms with Crippen molar-refractivity contribution in [1.29, 1.82) is 0 Å². The van der Waals surface area contributed by atoms with Gasteiger partial charge in [0, 0.05) is 31.2 Å². The first-order valence-corrected chi connectivity index (χ1v) is 7.78. The average Bonchev–Trinajstić information content (AvgIpc) is 2.89. The van der Waals surface area contributed by atoms with E-state index in [-0.39, 0.29) is 0 Å². The highest BCUT2D eigenvalue weighted by atomic mass is 35.5. The van der Waals surface area contributed by atoms with Gasteiger partial charge in [-0.3, -0.25) is 0 Å². The number of hydrogen-bond acceptors (Lipinski definition) is 3. The molecule has 0 fully saturated rings. The van der Waals surface area contributed by atoms with Gasteiger partial charge in [-0.25, -0.2) is 0 Å². The molecule has 0 aliphatic carbocycles. The standard InChI is InChI=1S/C16H24ClNO2/c1-3-6-18-15(5-7-19-2)11-13-10-14(17)9-12-4-8-20-16(12)13/h9-10,15,18H,3-8,11H2,1-2H3. The zero-order valence-electron chi connectivity index (χ0n) is 12.4. The fourth-order valence-electron chi connectivity index (χ4n) is 2.65. The third kappa shape index (κ3) is 4.11. The summed E-state index contributed by atoms with van der Waals surface area (Å²) in [6.07, 6.45) is 4.03. The molecular weight excluding hydrogens is 274 g/mol. The van der Waals surface area contributed by atoms with Crippen molar-refractivity contribution in [2.75, 3.05) is 26.9 Å². The van der Waals surface area contributed by atoms with E-state index >= 15 is 0 Å². The minimum atomic E-state index is 0.404. The number of methoxy groups -OCH3 is 1. The van der Waals surface area contributed by atoms with Crippen molar-refractivity contribution in [3.05, 3.63) is 28.3 Å². The summed E-state index contributed by atoms with van der Waals surface area (Å²) < 4.78 is 11.0. The van der Waals surface area contributed by atoms with E-state index in [4.69, 9.17) is 21.1 Å². The molecule has 112 valence electrons. The molecular formula is C16H24ClNO2. The van der Waals surface area contributed by atoms with E-state index < -0.39 is 0 Å². The van der Waals surface area contributed by atoms with Crippen molar-refractivity contribution in [3.8, 4) is 5.75 Å². The third-order valence-electron chi connectivity index (χ3n) is 3.65. The second-order valence-electron chi connectivity index (χ2n) is 5.29. The van der Waals surface area contributed by atoms with Crippen LogP contribution in [-0.4, -0.2) is 32.9 Å². The topological polar surface area (TPSA) is 30.5 Å². The molecule has 0 saturated heterocycles. The fraction of sp³-hybridized carbons (Fsp3) is 0.625. The van der Waals surface area contributed by atoms with Crippen molar-refractivity contribution < 1.29 is 9.47 Å². The van der Waals surface area contributed by atoms with E-state index in [9.17, 15) is 0 Å². The van der Waals surface area contributed by atoms with Crippen LogP contribution in [0, 0.1) is 0 Å². The fourth-order valence-corrected chi connectivity index (χ4v) is 2.91. The molecule has 0 saturated carbocycles. The Bertz CT molecular complexity index is 429. The SMILES string of the molecule is CCCNC(CCOC)Cc1cc(Cl)cc2c1OCC2. The van der Waals surface area contributed by atoms with E-state index in [0.717, 1.165) is 56.2 Å². The van der Waals surface area contributed by atoms with Crippen LogP contribution >= 0.6 is 11.6 Å². The van der Waals surface area contributed by atoms with Gasteiger partial charge >= 0.3 is 0 Å². The van der Waals surface area contributed by atoms with Crippen molar-refractivity contribution in [2.45, 2.75) is 38.6 Å². The molecule has 1 atom stereocenters. The van der Waals surface area contributed by atoms with Gasteiger partial charge < -0.3 is 14.8 Å². The summed E-state index contributed by atoms with van der Waals surface area (Å²) in [4.78, 5) is 0. The van der Waals surface area contributed by atoms with Gasteiger partial charge in [-0.1, -0.05) is 18.5 Å².